The van der Waals surface area contributed by atoms with Crippen molar-refractivity contribution in [2.75, 3.05) is 40.5 Å². The molecule has 1 aliphatic carbocycles. The summed E-state index contributed by atoms with van der Waals surface area (Å²) >= 11 is 0. The van der Waals surface area contributed by atoms with Gasteiger partial charge in [0.1, 0.15) is 5.75 Å². The summed E-state index contributed by atoms with van der Waals surface area (Å²) in [5, 5.41) is 6.85. The van der Waals surface area contributed by atoms with E-state index >= 15 is 0 Å². The van der Waals surface area contributed by atoms with Crippen LogP contribution in [0.3, 0.4) is 0 Å². The molecular formula is C19H31N3O2. The van der Waals surface area contributed by atoms with Gasteiger partial charge in [0.05, 0.1) is 7.11 Å². The van der Waals surface area contributed by atoms with Crippen molar-refractivity contribution >= 4 is 5.96 Å². The highest BCUT2D eigenvalue weighted by molar-refractivity contribution is 5.79. The Kier molecular flexibility index (Phi) is 7.37. The Labute approximate surface area is 145 Å². The molecule has 0 heterocycles. The van der Waals surface area contributed by atoms with Gasteiger partial charge in [-0.1, -0.05) is 18.2 Å². The summed E-state index contributed by atoms with van der Waals surface area (Å²) < 4.78 is 10.9. The lowest BCUT2D eigenvalue weighted by molar-refractivity contribution is 0.128. The number of para-hydroxylation sites is 1. The molecule has 0 aliphatic heterocycles. The Morgan fingerprint density at radius 2 is 2.04 bits per heavy atom. The maximum atomic E-state index is 5.49. The highest BCUT2D eigenvalue weighted by Gasteiger charge is 2.41. The van der Waals surface area contributed by atoms with Crippen LogP contribution in [0.1, 0.15) is 31.7 Å². The first kappa shape index (κ1) is 18.6. The average Bonchev–Trinajstić information content (AvgIpc) is 3.38. The zero-order chi connectivity index (χ0) is 17.3. The van der Waals surface area contributed by atoms with Crippen LogP contribution in [0.25, 0.3) is 0 Å². The smallest absolute Gasteiger partial charge is 0.191 e. The van der Waals surface area contributed by atoms with Crippen LogP contribution in [-0.4, -0.2) is 46.4 Å². The molecule has 0 saturated heterocycles. The molecule has 0 bridgehead atoms. The number of guanidine groups is 1. The molecule has 0 atom stereocenters. The fraction of sp³-hybridized carbons (Fsp3) is 0.632. The number of ether oxygens (including phenoxy) is 2. The van der Waals surface area contributed by atoms with E-state index in [1.54, 1.807) is 7.11 Å². The second kappa shape index (κ2) is 9.52. The van der Waals surface area contributed by atoms with E-state index in [0.29, 0.717) is 5.41 Å². The molecule has 0 spiro atoms. The maximum absolute atomic E-state index is 5.49. The number of nitrogens with zero attached hydrogens (tertiary/aromatic N) is 1. The number of benzene rings is 1. The fourth-order valence-corrected chi connectivity index (χ4v) is 2.84. The van der Waals surface area contributed by atoms with Crippen LogP contribution in [0, 0.1) is 5.41 Å². The lowest BCUT2D eigenvalue weighted by Gasteiger charge is -2.18. The topological polar surface area (TPSA) is 54.9 Å². The lowest BCUT2D eigenvalue weighted by atomic mass is 10.0. The van der Waals surface area contributed by atoms with E-state index in [9.17, 15) is 0 Å². The molecule has 134 valence electrons. The van der Waals surface area contributed by atoms with E-state index in [1.165, 1.54) is 18.4 Å². The molecule has 1 aromatic carbocycles. The van der Waals surface area contributed by atoms with Crippen LogP contribution in [0.5, 0.6) is 5.75 Å². The molecule has 0 radical (unpaired) electrons. The van der Waals surface area contributed by atoms with Gasteiger partial charge in [-0.2, -0.15) is 0 Å². The zero-order valence-corrected chi connectivity index (χ0v) is 15.2. The Morgan fingerprint density at radius 3 is 2.71 bits per heavy atom. The molecule has 1 aromatic rings. The summed E-state index contributed by atoms with van der Waals surface area (Å²) in [5.74, 6) is 1.81. The lowest BCUT2D eigenvalue weighted by Crippen LogP contribution is -2.41. The second-order valence-corrected chi connectivity index (χ2v) is 6.36. The maximum Gasteiger partial charge on any atom is 0.191 e. The molecule has 5 nitrogen and oxygen atoms in total. The van der Waals surface area contributed by atoms with Crippen LogP contribution in [0.2, 0.25) is 0 Å². The average molecular weight is 333 g/mol. The predicted octanol–water partition coefficient (Wildman–Crippen LogP) is 2.61. The largest absolute Gasteiger partial charge is 0.496 e. The molecule has 2 N–H and O–H groups in total. The number of aliphatic imine (C=N–C) groups is 1. The van der Waals surface area contributed by atoms with Crippen molar-refractivity contribution in [1.82, 2.24) is 10.6 Å². The van der Waals surface area contributed by atoms with E-state index in [1.807, 2.05) is 32.2 Å². The minimum absolute atomic E-state index is 0.412. The minimum atomic E-state index is 0.412. The van der Waals surface area contributed by atoms with Crippen molar-refractivity contribution in [2.24, 2.45) is 10.4 Å². The molecule has 5 heteroatoms. The molecule has 24 heavy (non-hydrogen) atoms. The Morgan fingerprint density at radius 1 is 1.25 bits per heavy atom. The highest BCUT2D eigenvalue weighted by atomic mass is 16.5. The molecular weight excluding hydrogens is 302 g/mol. The van der Waals surface area contributed by atoms with Gasteiger partial charge in [0, 0.05) is 33.4 Å². The van der Waals surface area contributed by atoms with Gasteiger partial charge in [-0.15, -0.1) is 0 Å². The van der Waals surface area contributed by atoms with Gasteiger partial charge in [-0.05, 0) is 49.7 Å². The van der Waals surface area contributed by atoms with Crippen LogP contribution in [0.4, 0.5) is 0 Å². The Bertz CT molecular complexity index is 527. The quantitative estimate of drug-likeness (QED) is 0.393. The van der Waals surface area contributed by atoms with Crippen molar-refractivity contribution in [3.05, 3.63) is 29.8 Å². The van der Waals surface area contributed by atoms with Gasteiger partial charge in [0.2, 0.25) is 0 Å². The molecule has 1 saturated carbocycles. The van der Waals surface area contributed by atoms with E-state index < -0.39 is 0 Å². The van der Waals surface area contributed by atoms with E-state index in [-0.39, 0.29) is 0 Å². The van der Waals surface area contributed by atoms with Crippen molar-refractivity contribution < 1.29 is 9.47 Å². The standard InChI is InChI=1S/C19H31N3O2/c1-4-24-14-12-19(10-11-19)15-22-18(20-2)21-13-9-16-7-5-6-8-17(16)23-3/h5-8H,4,9-15H2,1-3H3,(H2,20,21,22). The van der Waals surface area contributed by atoms with Crippen molar-refractivity contribution in [3.8, 4) is 5.75 Å². The number of hydrogen-bond donors (Lipinski definition) is 2. The van der Waals surface area contributed by atoms with Gasteiger partial charge in [-0.25, -0.2) is 0 Å². The summed E-state index contributed by atoms with van der Waals surface area (Å²) in [7, 11) is 3.53. The summed E-state index contributed by atoms with van der Waals surface area (Å²) in [6.07, 6.45) is 4.60. The summed E-state index contributed by atoms with van der Waals surface area (Å²) in [5.41, 5.74) is 1.62. The van der Waals surface area contributed by atoms with Crippen LogP contribution in [0.15, 0.2) is 29.3 Å². The third-order valence-electron chi connectivity index (χ3n) is 4.67. The molecule has 1 fully saturated rings. The number of methoxy groups -OCH3 is 1. The molecule has 0 amide bonds. The minimum Gasteiger partial charge on any atom is -0.496 e. The summed E-state index contributed by atoms with van der Waals surface area (Å²) in [6, 6.07) is 8.13. The van der Waals surface area contributed by atoms with Crippen LogP contribution >= 0.6 is 0 Å². The Hall–Kier alpha value is -1.75. The zero-order valence-electron chi connectivity index (χ0n) is 15.2. The number of nitrogens with one attached hydrogen (secondary N) is 2. The normalized spacial score (nSPS) is 15.9. The molecule has 2 rings (SSSR count). The van der Waals surface area contributed by atoms with Crippen molar-refractivity contribution in [2.45, 2.75) is 32.6 Å². The molecule has 1 aliphatic rings. The van der Waals surface area contributed by atoms with Crippen LogP contribution < -0.4 is 15.4 Å². The summed E-state index contributed by atoms with van der Waals surface area (Å²) in [6.45, 7) is 5.50. The molecule has 0 unspecified atom stereocenters. The first-order chi connectivity index (χ1) is 11.7. The third kappa shape index (κ3) is 5.71. The van der Waals surface area contributed by atoms with Gasteiger partial charge in [-0.3, -0.25) is 4.99 Å². The second-order valence-electron chi connectivity index (χ2n) is 6.36. The van der Waals surface area contributed by atoms with E-state index in [4.69, 9.17) is 9.47 Å². The SMILES string of the molecule is CCOCCC1(CNC(=NC)NCCc2ccccc2OC)CC1. The van der Waals surface area contributed by atoms with Gasteiger partial charge in [0.25, 0.3) is 0 Å². The third-order valence-corrected chi connectivity index (χ3v) is 4.67. The highest BCUT2D eigenvalue weighted by Crippen LogP contribution is 2.48. The number of hydrogen-bond acceptors (Lipinski definition) is 3. The first-order valence-electron chi connectivity index (χ1n) is 8.87. The van der Waals surface area contributed by atoms with Crippen LogP contribution in [-0.2, 0) is 11.2 Å². The van der Waals surface area contributed by atoms with Crippen molar-refractivity contribution in [1.29, 1.82) is 0 Å². The van der Waals surface area contributed by atoms with Gasteiger partial charge >= 0.3 is 0 Å². The Balaban J connectivity index is 1.71. The van der Waals surface area contributed by atoms with Crippen molar-refractivity contribution in [3.63, 3.8) is 0 Å². The van der Waals surface area contributed by atoms with E-state index in [2.05, 4.69) is 21.7 Å². The summed E-state index contributed by atoms with van der Waals surface area (Å²) in [4.78, 5) is 4.32. The first-order valence-corrected chi connectivity index (χ1v) is 8.87. The fourth-order valence-electron chi connectivity index (χ4n) is 2.84. The molecule has 0 aromatic heterocycles. The monoisotopic (exact) mass is 333 g/mol. The van der Waals surface area contributed by atoms with E-state index in [0.717, 1.165) is 50.9 Å². The van der Waals surface area contributed by atoms with Gasteiger partial charge < -0.3 is 20.1 Å². The number of rotatable bonds is 10. The van der Waals surface area contributed by atoms with Gasteiger partial charge in [0.15, 0.2) is 5.96 Å². The predicted molar refractivity (Wildman–Crippen MR) is 98.8 cm³/mol.